The third-order valence-corrected chi connectivity index (χ3v) is 4.80. The zero-order chi connectivity index (χ0) is 21.6. The molecule has 0 saturated heterocycles. The fourth-order valence-corrected chi connectivity index (χ4v) is 2.78. The molecule has 0 aliphatic heterocycles. The van der Waals surface area contributed by atoms with Crippen LogP contribution in [0.5, 0.6) is 5.75 Å². The Morgan fingerprint density at radius 1 is 1.07 bits per heavy atom. The fourth-order valence-electron chi connectivity index (χ4n) is 2.78. The van der Waals surface area contributed by atoms with Crippen molar-refractivity contribution >= 4 is 17.8 Å². The topological polar surface area (TPSA) is 46.6 Å². The summed E-state index contributed by atoms with van der Waals surface area (Å²) in [5.74, 6) is 0.499. The summed E-state index contributed by atoms with van der Waals surface area (Å²) in [5, 5.41) is 0. The molecule has 0 N–H and O–H groups in total. The minimum absolute atomic E-state index is 0.0949. The number of ketones is 1. The van der Waals surface area contributed by atoms with E-state index in [4.69, 9.17) is 4.74 Å². The number of carbonyl (C=O) groups is 2. The molecule has 0 saturated carbocycles. The first-order valence-corrected chi connectivity index (χ1v) is 9.64. The molecule has 4 nitrogen and oxygen atoms in total. The summed E-state index contributed by atoms with van der Waals surface area (Å²) in [6.45, 7) is 10.6. The molecular weight excluding hydrogens is 362 g/mol. The van der Waals surface area contributed by atoms with Crippen molar-refractivity contribution in [3.05, 3.63) is 83.4 Å². The van der Waals surface area contributed by atoms with Crippen LogP contribution in [0.4, 0.5) is 0 Å². The maximum Gasteiger partial charge on any atom is 0.253 e. The number of rotatable bonds is 8. The molecule has 0 aliphatic rings. The van der Waals surface area contributed by atoms with Gasteiger partial charge in [0, 0.05) is 36.2 Å². The lowest BCUT2D eigenvalue weighted by Gasteiger charge is -2.21. The lowest BCUT2D eigenvalue weighted by molar-refractivity contribution is 0.0827. The van der Waals surface area contributed by atoms with Gasteiger partial charge in [0.05, 0.1) is 6.61 Å². The van der Waals surface area contributed by atoms with E-state index in [1.165, 1.54) is 11.0 Å². The number of carbonyl (C=O) groups excluding carboxylic acids is 2. The van der Waals surface area contributed by atoms with Gasteiger partial charge in [-0.25, -0.2) is 0 Å². The Kier molecular flexibility index (Phi) is 7.16. The van der Waals surface area contributed by atoms with Crippen LogP contribution in [-0.4, -0.2) is 37.3 Å². The van der Waals surface area contributed by atoms with Gasteiger partial charge in [0.1, 0.15) is 5.75 Å². The van der Waals surface area contributed by atoms with Gasteiger partial charge in [-0.15, -0.1) is 6.58 Å². The molecule has 0 fully saturated rings. The van der Waals surface area contributed by atoms with Crippen LogP contribution in [0.1, 0.15) is 52.6 Å². The number of hydrogen-bond donors (Lipinski definition) is 0. The Morgan fingerprint density at radius 2 is 1.69 bits per heavy atom. The van der Waals surface area contributed by atoms with Gasteiger partial charge in [-0.1, -0.05) is 38.1 Å². The van der Waals surface area contributed by atoms with Crippen LogP contribution in [0.25, 0.3) is 6.08 Å². The normalized spacial score (nSPS) is 11.3. The average molecular weight is 392 g/mol. The van der Waals surface area contributed by atoms with E-state index in [1.807, 2.05) is 31.2 Å². The van der Waals surface area contributed by atoms with Crippen molar-refractivity contribution in [1.29, 1.82) is 0 Å². The summed E-state index contributed by atoms with van der Waals surface area (Å²) in [4.78, 5) is 26.1. The molecular formula is C25H29NO3. The van der Waals surface area contributed by atoms with Crippen LogP contribution in [-0.2, 0) is 5.41 Å². The van der Waals surface area contributed by atoms with Crippen LogP contribution in [0.2, 0.25) is 0 Å². The summed E-state index contributed by atoms with van der Waals surface area (Å²) in [6.07, 6.45) is 5.21. The third kappa shape index (κ3) is 5.44. The van der Waals surface area contributed by atoms with Gasteiger partial charge in [0.15, 0.2) is 5.78 Å². The summed E-state index contributed by atoms with van der Waals surface area (Å²) in [6, 6.07) is 12.6. The van der Waals surface area contributed by atoms with Gasteiger partial charge in [0.25, 0.3) is 5.91 Å². The Labute approximate surface area is 173 Å². The van der Waals surface area contributed by atoms with Crippen molar-refractivity contribution in [2.24, 2.45) is 0 Å². The van der Waals surface area contributed by atoms with E-state index in [0.717, 1.165) is 16.9 Å². The van der Waals surface area contributed by atoms with Crippen LogP contribution in [0.15, 0.2) is 61.2 Å². The van der Waals surface area contributed by atoms with Gasteiger partial charge >= 0.3 is 0 Å². The van der Waals surface area contributed by atoms with Crippen molar-refractivity contribution in [2.45, 2.75) is 26.2 Å². The molecule has 2 aromatic rings. The van der Waals surface area contributed by atoms with Crippen LogP contribution >= 0.6 is 0 Å². The summed E-state index contributed by atoms with van der Waals surface area (Å²) in [7, 11) is 3.39. The Hall–Kier alpha value is -3.14. The quantitative estimate of drug-likeness (QED) is 0.355. The standard InChI is InChI=1S/C25H29NO3/c1-7-25(3,4)21-14-16-23(29-8-2)20(17-21)13-15-22(27)18-9-11-19(12-10-18)24(28)26(5)6/h7,9-17H,1,8H2,2-6H3. The number of amides is 1. The Morgan fingerprint density at radius 3 is 2.24 bits per heavy atom. The van der Waals surface area contributed by atoms with E-state index in [2.05, 4.69) is 20.4 Å². The van der Waals surface area contributed by atoms with Gasteiger partial charge < -0.3 is 9.64 Å². The summed E-state index contributed by atoms with van der Waals surface area (Å²) >= 11 is 0. The maximum absolute atomic E-state index is 12.6. The Balaban J connectivity index is 2.29. The van der Waals surface area contributed by atoms with Crippen molar-refractivity contribution in [3.8, 4) is 5.75 Å². The van der Waals surface area contributed by atoms with Gasteiger partial charge in [-0.05, 0) is 48.9 Å². The second kappa shape index (κ2) is 9.37. The minimum Gasteiger partial charge on any atom is -0.493 e. The first-order chi connectivity index (χ1) is 13.7. The largest absolute Gasteiger partial charge is 0.493 e. The monoisotopic (exact) mass is 391 g/mol. The molecule has 1 amide bonds. The molecule has 0 aromatic heterocycles. The third-order valence-electron chi connectivity index (χ3n) is 4.80. The molecule has 0 bridgehead atoms. The molecule has 0 spiro atoms. The molecule has 2 aromatic carbocycles. The number of ether oxygens (including phenoxy) is 1. The maximum atomic E-state index is 12.6. The average Bonchev–Trinajstić information content (AvgIpc) is 2.72. The van der Waals surface area contributed by atoms with Crippen molar-refractivity contribution in [1.82, 2.24) is 4.90 Å². The number of benzene rings is 2. The molecule has 152 valence electrons. The van der Waals surface area contributed by atoms with Crippen molar-refractivity contribution in [2.75, 3.05) is 20.7 Å². The Bertz CT molecular complexity index is 922. The van der Waals surface area contributed by atoms with Crippen LogP contribution < -0.4 is 4.74 Å². The van der Waals surface area contributed by atoms with Gasteiger partial charge in [0.2, 0.25) is 0 Å². The second-order valence-corrected chi connectivity index (χ2v) is 7.59. The fraction of sp³-hybridized carbons (Fsp3) is 0.280. The smallest absolute Gasteiger partial charge is 0.253 e. The van der Waals surface area contributed by atoms with Crippen molar-refractivity contribution < 1.29 is 14.3 Å². The first kappa shape index (κ1) is 22.2. The van der Waals surface area contributed by atoms with E-state index in [-0.39, 0.29) is 17.1 Å². The molecule has 0 aliphatic carbocycles. The molecule has 0 atom stereocenters. The van der Waals surface area contributed by atoms with Crippen LogP contribution in [0, 0.1) is 0 Å². The second-order valence-electron chi connectivity index (χ2n) is 7.59. The highest BCUT2D eigenvalue weighted by Gasteiger charge is 2.17. The highest BCUT2D eigenvalue weighted by molar-refractivity contribution is 6.07. The molecule has 0 heterocycles. The van der Waals surface area contributed by atoms with E-state index in [9.17, 15) is 9.59 Å². The summed E-state index contributed by atoms with van der Waals surface area (Å²) in [5.41, 5.74) is 2.82. The predicted molar refractivity (Wildman–Crippen MR) is 119 cm³/mol. The molecule has 4 heteroatoms. The SMILES string of the molecule is C=CC(C)(C)c1ccc(OCC)c(C=CC(=O)c2ccc(C(=O)N(C)C)cc2)c1. The van der Waals surface area contributed by atoms with E-state index < -0.39 is 0 Å². The lowest BCUT2D eigenvalue weighted by atomic mass is 9.84. The van der Waals surface area contributed by atoms with E-state index in [1.54, 1.807) is 44.4 Å². The highest BCUT2D eigenvalue weighted by atomic mass is 16.5. The molecule has 0 radical (unpaired) electrons. The van der Waals surface area contributed by atoms with Crippen LogP contribution in [0.3, 0.4) is 0 Å². The van der Waals surface area contributed by atoms with Crippen molar-refractivity contribution in [3.63, 3.8) is 0 Å². The van der Waals surface area contributed by atoms with E-state index >= 15 is 0 Å². The predicted octanol–water partition coefficient (Wildman–Crippen LogP) is 5.15. The minimum atomic E-state index is -0.188. The number of nitrogens with zero attached hydrogens (tertiary/aromatic N) is 1. The molecule has 0 unspecified atom stereocenters. The zero-order valence-corrected chi connectivity index (χ0v) is 17.9. The molecule has 29 heavy (non-hydrogen) atoms. The number of hydrogen-bond acceptors (Lipinski definition) is 3. The first-order valence-electron chi connectivity index (χ1n) is 9.64. The van der Waals surface area contributed by atoms with E-state index in [0.29, 0.717) is 17.7 Å². The number of allylic oxidation sites excluding steroid dienone is 2. The van der Waals surface area contributed by atoms with Gasteiger partial charge in [-0.3, -0.25) is 9.59 Å². The van der Waals surface area contributed by atoms with Gasteiger partial charge in [-0.2, -0.15) is 0 Å². The molecule has 2 rings (SSSR count). The lowest BCUT2D eigenvalue weighted by Crippen LogP contribution is -2.21. The highest BCUT2D eigenvalue weighted by Crippen LogP contribution is 2.30. The summed E-state index contributed by atoms with van der Waals surface area (Å²) < 4.78 is 5.71. The zero-order valence-electron chi connectivity index (χ0n) is 17.9.